The number of carbonyl (C=O) groups excluding carboxylic acids is 1. The lowest BCUT2D eigenvalue weighted by atomic mass is 10.0. The smallest absolute Gasteiger partial charge is 0.220 e. The number of benzene rings is 1. The summed E-state index contributed by atoms with van der Waals surface area (Å²) in [5, 5.41) is 13.0. The maximum absolute atomic E-state index is 11.9. The largest absolute Gasteiger partial charge is 0.388 e. The van der Waals surface area contributed by atoms with Crippen LogP contribution in [0, 0.1) is 0 Å². The Bertz CT molecular complexity index is 596. The van der Waals surface area contributed by atoms with Crippen LogP contribution >= 0.6 is 0 Å². The van der Waals surface area contributed by atoms with E-state index in [1.54, 1.807) is 0 Å². The van der Waals surface area contributed by atoms with Gasteiger partial charge in [-0.25, -0.2) is 4.98 Å². The molecule has 112 valence electrons. The maximum Gasteiger partial charge on any atom is 0.220 e. The van der Waals surface area contributed by atoms with E-state index in [1.165, 1.54) is 0 Å². The summed E-state index contributed by atoms with van der Waals surface area (Å²) in [5.74, 6) is 0.793. The number of aromatic nitrogens is 2. The first kappa shape index (κ1) is 14.1. The van der Waals surface area contributed by atoms with Gasteiger partial charge in [0.1, 0.15) is 5.82 Å². The van der Waals surface area contributed by atoms with E-state index in [0.717, 1.165) is 42.5 Å². The average molecular weight is 287 g/mol. The number of hydrogen-bond acceptors (Lipinski definition) is 3. The van der Waals surface area contributed by atoms with Gasteiger partial charge in [-0.2, -0.15) is 0 Å². The van der Waals surface area contributed by atoms with E-state index in [4.69, 9.17) is 0 Å². The molecule has 5 heteroatoms. The van der Waals surface area contributed by atoms with Gasteiger partial charge in [-0.3, -0.25) is 4.79 Å². The molecule has 1 aromatic carbocycles. The van der Waals surface area contributed by atoms with Crippen LogP contribution in [0.15, 0.2) is 24.3 Å². The molecule has 0 atom stereocenters. The van der Waals surface area contributed by atoms with Crippen molar-refractivity contribution in [2.45, 2.75) is 44.1 Å². The topological polar surface area (TPSA) is 78.0 Å². The number of aromatic amines is 1. The Morgan fingerprint density at radius 1 is 1.33 bits per heavy atom. The zero-order valence-corrected chi connectivity index (χ0v) is 12.1. The number of fused-ring (bicyclic) bond motifs is 1. The molecule has 0 unspecified atom stereocenters. The molecule has 0 radical (unpaired) electrons. The molecule has 1 fully saturated rings. The van der Waals surface area contributed by atoms with E-state index in [2.05, 4.69) is 15.3 Å². The minimum Gasteiger partial charge on any atom is -0.388 e. The molecule has 1 aliphatic carbocycles. The Balaban J connectivity index is 1.49. The Morgan fingerprint density at radius 3 is 2.86 bits per heavy atom. The van der Waals surface area contributed by atoms with E-state index < -0.39 is 5.60 Å². The molecular weight excluding hydrogens is 266 g/mol. The summed E-state index contributed by atoms with van der Waals surface area (Å²) >= 11 is 0. The number of hydrogen-bond donors (Lipinski definition) is 3. The predicted molar refractivity (Wildman–Crippen MR) is 80.8 cm³/mol. The van der Waals surface area contributed by atoms with Crippen molar-refractivity contribution in [3.8, 4) is 0 Å². The van der Waals surface area contributed by atoms with Crippen molar-refractivity contribution >= 4 is 16.9 Å². The van der Waals surface area contributed by atoms with E-state index in [0.29, 0.717) is 19.4 Å². The molecule has 1 amide bonds. The summed E-state index contributed by atoms with van der Waals surface area (Å²) in [4.78, 5) is 19.5. The predicted octanol–water partition coefficient (Wildman–Crippen LogP) is 1.92. The molecule has 3 N–H and O–H groups in total. The summed E-state index contributed by atoms with van der Waals surface area (Å²) in [7, 11) is 0. The number of aryl methyl sites for hydroxylation is 1. The number of para-hydroxylation sites is 2. The number of amides is 1. The van der Waals surface area contributed by atoms with E-state index in [1.807, 2.05) is 24.3 Å². The Hall–Kier alpha value is -1.88. The van der Waals surface area contributed by atoms with Crippen molar-refractivity contribution in [3.63, 3.8) is 0 Å². The second-order valence-electron chi connectivity index (χ2n) is 5.91. The molecule has 21 heavy (non-hydrogen) atoms. The summed E-state index contributed by atoms with van der Waals surface area (Å²) in [6.45, 7) is 0.367. The van der Waals surface area contributed by atoms with Gasteiger partial charge in [-0.1, -0.05) is 25.0 Å². The highest BCUT2D eigenvalue weighted by Crippen LogP contribution is 2.28. The third-order valence-electron chi connectivity index (χ3n) is 4.18. The number of aliphatic hydroxyl groups is 1. The van der Waals surface area contributed by atoms with Gasteiger partial charge in [0.05, 0.1) is 16.6 Å². The van der Waals surface area contributed by atoms with Gasteiger partial charge < -0.3 is 15.4 Å². The van der Waals surface area contributed by atoms with Crippen molar-refractivity contribution < 1.29 is 9.90 Å². The van der Waals surface area contributed by atoms with E-state index in [9.17, 15) is 9.90 Å². The number of carbonyl (C=O) groups is 1. The SMILES string of the molecule is O=C(CCc1nc2ccccc2[nH]1)NCC1(O)CCCC1. The number of imidazole rings is 1. The lowest BCUT2D eigenvalue weighted by Gasteiger charge is -2.22. The fourth-order valence-corrected chi connectivity index (χ4v) is 2.92. The van der Waals surface area contributed by atoms with Crippen LogP contribution in [-0.4, -0.2) is 33.1 Å². The molecule has 1 aromatic heterocycles. The van der Waals surface area contributed by atoms with Crippen molar-refractivity contribution in [3.05, 3.63) is 30.1 Å². The Labute approximate surface area is 123 Å². The van der Waals surface area contributed by atoms with Gasteiger partial charge in [-0.05, 0) is 25.0 Å². The Kier molecular flexibility index (Phi) is 3.92. The molecule has 0 spiro atoms. The fraction of sp³-hybridized carbons (Fsp3) is 0.500. The van der Waals surface area contributed by atoms with Crippen LogP contribution in [0.1, 0.15) is 37.9 Å². The highest BCUT2D eigenvalue weighted by atomic mass is 16.3. The quantitative estimate of drug-likeness (QED) is 0.786. The number of nitrogens with one attached hydrogen (secondary N) is 2. The highest BCUT2D eigenvalue weighted by Gasteiger charge is 2.31. The van der Waals surface area contributed by atoms with Crippen molar-refractivity contribution in [2.75, 3.05) is 6.54 Å². The molecule has 0 aliphatic heterocycles. The first-order valence-electron chi connectivity index (χ1n) is 7.57. The van der Waals surface area contributed by atoms with E-state index >= 15 is 0 Å². The van der Waals surface area contributed by atoms with Gasteiger partial charge in [0, 0.05) is 19.4 Å². The summed E-state index contributed by atoms with van der Waals surface area (Å²) < 4.78 is 0. The molecule has 0 bridgehead atoms. The molecule has 2 aromatic rings. The summed E-state index contributed by atoms with van der Waals surface area (Å²) in [5.41, 5.74) is 1.23. The maximum atomic E-state index is 11.9. The van der Waals surface area contributed by atoms with Crippen LogP contribution in [0.3, 0.4) is 0 Å². The minimum absolute atomic E-state index is 0.0317. The van der Waals surface area contributed by atoms with Crippen molar-refractivity contribution in [1.82, 2.24) is 15.3 Å². The van der Waals surface area contributed by atoms with Gasteiger partial charge >= 0.3 is 0 Å². The number of rotatable bonds is 5. The molecule has 1 heterocycles. The lowest BCUT2D eigenvalue weighted by molar-refractivity contribution is -0.122. The normalized spacial score (nSPS) is 17.2. The van der Waals surface area contributed by atoms with Crippen LogP contribution in [0.25, 0.3) is 11.0 Å². The van der Waals surface area contributed by atoms with E-state index in [-0.39, 0.29) is 5.91 Å². The fourth-order valence-electron chi connectivity index (χ4n) is 2.92. The third-order valence-corrected chi connectivity index (χ3v) is 4.18. The zero-order chi connectivity index (χ0) is 14.7. The van der Waals surface area contributed by atoms with Crippen molar-refractivity contribution in [2.24, 2.45) is 0 Å². The second-order valence-corrected chi connectivity index (χ2v) is 5.91. The van der Waals surface area contributed by atoms with Crippen LogP contribution in [0.4, 0.5) is 0 Å². The molecule has 0 saturated heterocycles. The van der Waals surface area contributed by atoms with Crippen LogP contribution in [-0.2, 0) is 11.2 Å². The molecule has 3 rings (SSSR count). The molecular formula is C16H21N3O2. The van der Waals surface area contributed by atoms with Crippen LogP contribution in [0.2, 0.25) is 0 Å². The summed E-state index contributed by atoms with van der Waals surface area (Å²) in [6, 6.07) is 7.83. The van der Waals surface area contributed by atoms with Gasteiger partial charge in [-0.15, -0.1) is 0 Å². The van der Waals surface area contributed by atoms with Crippen LogP contribution in [0.5, 0.6) is 0 Å². The monoisotopic (exact) mass is 287 g/mol. The average Bonchev–Trinajstić information content (AvgIpc) is 3.09. The number of H-pyrrole nitrogens is 1. The van der Waals surface area contributed by atoms with Gasteiger partial charge in [0.15, 0.2) is 0 Å². The first-order valence-corrected chi connectivity index (χ1v) is 7.57. The van der Waals surface area contributed by atoms with Gasteiger partial charge in [0.25, 0.3) is 0 Å². The molecule has 1 aliphatic rings. The zero-order valence-electron chi connectivity index (χ0n) is 12.1. The molecule has 1 saturated carbocycles. The minimum atomic E-state index is -0.685. The number of nitrogens with zero attached hydrogens (tertiary/aromatic N) is 1. The first-order chi connectivity index (χ1) is 10.1. The van der Waals surface area contributed by atoms with Crippen molar-refractivity contribution in [1.29, 1.82) is 0 Å². The summed E-state index contributed by atoms with van der Waals surface area (Å²) in [6.07, 6.45) is 4.64. The standard InChI is InChI=1S/C16H21N3O2/c20-15(17-11-16(21)9-3-4-10-16)8-7-14-18-12-5-1-2-6-13(12)19-14/h1-2,5-6,21H,3-4,7-11H2,(H,17,20)(H,18,19). The van der Waals surface area contributed by atoms with Gasteiger partial charge in [0.2, 0.25) is 5.91 Å². The highest BCUT2D eigenvalue weighted by molar-refractivity contribution is 5.77. The third kappa shape index (κ3) is 3.42. The lowest BCUT2D eigenvalue weighted by Crippen LogP contribution is -2.40. The van der Waals surface area contributed by atoms with Crippen LogP contribution < -0.4 is 5.32 Å². The second kappa shape index (κ2) is 5.85. The Morgan fingerprint density at radius 2 is 2.10 bits per heavy atom. The molecule has 5 nitrogen and oxygen atoms in total.